The highest BCUT2D eigenvalue weighted by Gasteiger charge is 2.19. The summed E-state index contributed by atoms with van der Waals surface area (Å²) in [6.07, 6.45) is 63.3. The predicted molar refractivity (Wildman–Crippen MR) is 251 cm³/mol. The highest BCUT2D eigenvalue weighted by molar-refractivity contribution is 5.71. The van der Waals surface area contributed by atoms with Crippen molar-refractivity contribution < 1.29 is 28.6 Å². The summed E-state index contributed by atoms with van der Waals surface area (Å²) in [7, 11) is 0. The van der Waals surface area contributed by atoms with Crippen molar-refractivity contribution in [3.05, 3.63) is 122 Å². The van der Waals surface area contributed by atoms with Crippen LogP contribution in [0.2, 0.25) is 0 Å². The quantitative estimate of drug-likeness (QED) is 0.0202. The van der Waals surface area contributed by atoms with E-state index < -0.39 is 6.10 Å². The average Bonchev–Trinajstić information content (AvgIpc) is 3.23. The maximum absolute atomic E-state index is 12.7. The molecule has 1 unspecified atom stereocenters. The zero-order valence-electron chi connectivity index (χ0n) is 37.5. The van der Waals surface area contributed by atoms with Crippen molar-refractivity contribution in [3.8, 4) is 0 Å². The second kappa shape index (κ2) is 46.5. The molecular formula is C53H82O6. The molecule has 0 radical (unpaired) electrons. The lowest BCUT2D eigenvalue weighted by molar-refractivity contribution is -0.167. The lowest BCUT2D eigenvalue weighted by Crippen LogP contribution is -2.30. The monoisotopic (exact) mass is 815 g/mol. The Hall–Kier alpha value is -4.19. The molecule has 0 aliphatic rings. The fraction of sp³-hybridized carbons (Fsp3) is 0.566. The Morgan fingerprint density at radius 1 is 0.373 bits per heavy atom. The van der Waals surface area contributed by atoms with Crippen LogP contribution in [0.15, 0.2) is 122 Å². The van der Waals surface area contributed by atoms with Crippen molar-refractivity contribution >= 4 is 17.9 Å². The molecule has 0 N–H and O–H groups in total. The number of ether oxygens (including phenoxy) is 3. The number of hydrogen-bond donors (Lipinski definition) is 0. The van der Waals surface area contributed by atoms with Gasteiger partial charge in [0.2, 0.25) is 0 Å². The van der Waals surface area contributed by atoms with Gasteiger partial charge in [0, 0.05) is 19.3 Å². The predicted octanol–water partition coefficient (Wildman–Crippen LogP) is 15.0. The van der Waals surface area contributed by atoms with Crippen LogP contribution in [0.4, 0.5) is 0 Å². The summed E-state index contributed by atoms with van der Waals surface area (Å²) in [6.45, 7) is 6.22. The molecule has 1 atom stereocenters. The van der Waals surface area contributed by atoms with Crippen molar-refractivity contribution in [2.75, 3.05) is 13.2 Å². The third-order valence-electron chi connectivity index (χ3n) is 9.12. The maximum atomic E-state index is 12.7. The second-order valence-corrected chi connectivity index (χ2v) is 14.7. The maximum Gasteiger partial charge on any atom is 0.306 e. The van der Waals surface area contributed by atoms with Crippen molar-refractivity contribution in [2.24, 2.45) is 0 Å². The first kappa shape index (κ1) is 54.8. The Kier molecular flexibility index (Phi) is 43.2. The molecule has 0 saturated carbocycles. The zero-order chi connectivity index (χ0) is 43.0. The van der Waals surface area contributed by atoms with Gasteiger partial charge in [0.05, 0.1) is 0 Å². The molecule has 0 bridgehead atoms. The molecule has 0 rings (SSSR count). The number of rotatable bonds is 39. The fourth-order valence-electron chi connectivity index (χ4n) is 5.68. The van der Waals surface area contributed by atoms with Crippen molar-refractivity contribution in [1.29, 1.82) is 0 Å². The number of esters is 3. The highest BCUT2D eigenvalue weighted by Crippen LogP contribution is 2.12. The van der Waals surface area contributed by atoms with E-state index in [0.717, 1.165) is 103 Å². The van der Waals surface area contributed by atoms with Gasteiger partial charge in [-0.15, -0.1) is 0 Å². The number of carbonyl (C=O) groups excluding carboxylic acids is 3. The third-order valence-corrected chi connectivity index (χ3v) is 9.12. The van der Waals surface area contributed by atoms with E-state index in [4.69, 9.17) is 14.2 Å². The molecule has 6 nitrogen and oxygen atoms in total. The van der Waals surface area contributed by atoms with Gasteiger partial charge in [-0.3, -0.25) is 14.4 Å². The molecule has 0 aromatic heterocycles. The molecule has 59 heavy (non-hydrogen) atoms. The molecular weight excluding hydrogens is 733 g/mol. The van der Waals surface area contributed by atoms with Gasteiger partial charge >= 0.3 is 17.9 Å². The Labute approximate surface area is 361 Å². The Morgan fingerprint density at radius 2 is 0.746 bits per heavy atom. The van der Waals surface area contributed by atoms with E-state index in [1.165, 1.54) is 32.1 Å². The van der Waals surface area contributed by atoms with Crippen LogP contribution >= 0.6 is 0 Å². The van der Waals surface area contributed by atoms with Crippen LogP contribution in [0.1, 0.15) is 175 Å². The van der Waals surface area contributed by atoms with E-state index in [1.54, 1.807) is 0 Å². The van der Waals surface area contributed by atoms with Crippen LogP contribution in [0.25, 0.3) is 0 Å². The summed E-state index contributed by atoms with van der Waals surface area (Å²) in [5.74, 6) is -1.02. The molecule has 0 amide bonds. The van der Waals surface area contributed by atoms with E-state index in [0.29, 0.717) is 19.3 Å². The summed E-state index contributed by atoms with van der Waals surface area (Å²) in [6, 6.07) is 0. The van der Waals surface area contributed by atoms with Gasteiger partial charge in [-0.05, 0) is 89.9 Å². The summed E-state index contributed by atoms with van der Waals surface area (Å²) in [4.78, 5) is 37.7. The van der Waals surface area contributed by atoms with Crippen LogP contribution in [-0.4, -0.2) is 37.2 Å². The highest BCUT2D eigenvalue weighted by atomic mass is 16.6. The molecule has 6 heteroatoms. The van der Waals surface area contributed by atoms with Gasteiger partial charge in [-0.25, -0.2) is 0 Å². The molecule has 0 spiro atoms. The Balaban J connectivity index is 4.53. The molecule has 0 heterocycles. The van der Waals surface area contributed by atoms with E-state index in [9.17, 15) is 14.4 Å². The first-order chi connectivity index (χ1) is 29.0. The summed E-state index contributed by atoms with van der Waals surface area (Å²) in [5, 5.41) is 0. The normalized spacial score (nSPS) is 13.2. The van der Waals surface area contributed by atoms with Gasteiger partial charge in [0.15, 0.2) is 6.10 Å². The van der Waals surface area contributed by atoms with Crippen LogP contribution in [-0.2, 0) is 28.6 Å². The van der Waals surface area contributed by atoms with E-state index in [1.807, 2.05) is 60.8 Å². The van der Waals surface area contributed by atoms with Crippen molar-refractivity contribution in [3.63, 3.8) is 0 Å². The van der Waals surface area contributed by atoms with Gasteiger partial charge in [-0.1, -0.05) is 187 Å². The molecule has 0 fully saturated rings. The summed E-state index contributed by atoms with van der Waals surface area (Å²) >= 11 is 0. The van der Waals surface area contributed by atoms with Crippen LogP contribution in [0.3, 0.4) is 0 Å². The molecule has 0 aliphatic heterocycles. The van der Waals surface area contributed by atoms with Gasteiger partial charge in [0.25, 0.3) is 0 Å². The van der Waals surface area contributed by atoms with E-state index in [-0.39, 0.29) is 31.1 Å². The first-order valence-corrected chi connectivity index (χ1v) is 23.1. The van der Waals surface area contributed by atoms with Crippen molar-refractivity contribution in [1.82, 2.24) is 0 Å². The molecule has 0 aromatic rings. The van der Waals surface area contributed by atoms with Crippen LogP contribution < -0.4 is 0 Å². The lowest BCUT2D eigenvalue weighted by Gasteiger charge is -2.18. The Bertz CT molecular complexity index is 1300. The number of hydrogen-bond acceptors (Lipinski definition) is 6. The standard InChI is InChI=1S/C53H82O6/c1-4-7-10-13-16-19-21-23-25-26-28-29-31-34-37-40-43-46-52(55)58-49-50(48-57-51(54)45-42-39-36-33-18-15-12-9-6-3)59-53(56)47-44-41-38-35-32-30-27-24-22-20-17-14-11-8-5-2/h7,9-10,12-13,16-26,28-29,31,33,50H,4-6,8,11,14-15,27,30,32,34-49H2,1-3H3/b10-7-,12-9-,16-13-,20-17-,21-19-,24-22-,25-23-,28-26+,31-29-,33-18-. The SMILES string of the molecule is CC\C=C/C=C\C=C/C=C\C=C\C=C/CCCCCC(=O)OCC(COC(=O)CCCC/C=C\C/C=C\CC)OC(=O)CCCCCCCC/C=C\C=C/CCCCC. The minimum absolute atomic E-state index is 0.119. The summed E-state index contributed by atoms with van der Waals surface area (Å²) < 4.78 is 16.6. The minimum atomic E-state index is -0.817. The number of unbranched alkanes of at least 4 members (excludes halogenated alkanes) is 14. The lowest BCUT2D eigenvalue weighted by atomic mass is 10.1. The largest absolute Gasteiger partial charge is 0.462 e. The van der Waals surface area contributed by atoms with Crippen LogP contribution in [0.5, 0.6) is 0 Å². The Morgan fingerprint density at radius 3 is 1.29 bits per heavy atom. The average molecular weight is 815 g/mol. The third kappa shape index (κ3) is 44.8. The summed E-state index contributed by atoms with van der Waals surface area (Å²) in [5.41, 5.74) is 0. The number of carbonyl (C=O) groups is 3. The zero-order valence-corrected chi connectivity index (χ0v) is 37.5. The molecule has 330 valence electrons. The number of allylic oxidation sites excluding steroid dienone is 20. The molecule has 0 aromatic carbocycles. The first-order valence-electron chi connectivity index (χ1n) is 23.1. The fourth-order valence-corrected chi connectivity index (χ4v) is 5.68. The molecule has 0 aliphatic carbocycles. The minimum Gasteiger partial charge on any atom is -0.462 e. The second-order valence-electron chi connectivity index (χ2n) is 14.7. The molecule has 0 saturated heterocycles. The van der Waals surface area contributed by atoms with E-state index in [2.05, 4.69) is 81.5 Å². The van der Waals surface area contributed by atoms with Gasteiger partial charge < -0.3 is 14.2 Å². The van der Waals surface area contributed by atoms with Gasteiger partial charge in [0.1, 0.15) is 13.2 Å². The van der Waals surface area contributed by atoms with Crippen molar-refractivity contribution in [2.45, 2.75) is 181 Å². The van der Waals surface area contributed by atoms with E-state index >= 15 is 0 Å². The topological polar surface area (TPSA) is 78.9 Å². The smallest absolute Gasteiger partial charge is 0.306 e. The van der Waals surface area contributed by atoms with Crippen LogP contribution in [0, 0.1) is 0 Å². The van der Waals surface area contributed by atoms with Gasteiger partial charge in [-0.2, -0.15) is 0 Å².